The third kappa shape index (κ3) is 2.14. The van der Waals surface area contributed by atoms with Crippen molar-refractivity contribution in [3.05, 3.63) is 40.2 Å². The zero-order chi connectivity index (χ0) is 13.4. The lowest BCUT2D eigenvalue weighted by atomic mass is 10.2. The number of nitrogens with zero attached hydrogens (tertiary/aromatic N) is 5. The second-order valence-corrected chi connectivity index (χ2v) is 4.96. The van der Waals surface area contributed by atoms with Gasteiger partial charge in [-0.1, -0.05) is 0 Å². The Morgan fingerprint density at radius 2 is 2.16 bits per heavy atom. The fourth-order valence-electron chi connectivity index (χ4n) is 2.51. The van der Waals surface area contributed by atoms with E-state index >= 15 is 0 Å². The van der Waals surface area contributed by atoms with Gasteiger partial charge in [0.2, 0.25) is 0 Å². The monoisotopic (exact) mass is 259 g/mol. The smallest absolute Gasteiger partial charge is 0.255 e. The third-order valence-electron chi connectivity index (χ3n) is 3.64. The van der Waals surface area contributed by atoms with Crippen LogP contribution in [0.5, 0.6) is 0 Å². The highest BCUT2D eigenvalue weighted by atomic mass is 16.1. The molecule has 1 aliphatic heterocycles. The lowest BCUT2D eigenvalue weighted by Gasteiger charge is -2.21. The van der Waals surface area contributed by atoms with Crippen molar-refractivity contribution in [1.82, 2.24) is 19.3 Å². The standard InChI is InChI=1S/C13H17N5O/c1-16-9-14-12(6-13(16)19)18-5-3-4-11-10(8-18)7-15-17(11)2/h6-7,9H,3-5,8H2,1-2H3. The predicted octanol–water partition coefficient (Wildman–Crippen LogP) is 0.467. The first-order valence-electron chi connectivity index (χ1n) is 6.42. The normalized spacial score (nSPS) is 15.2. The lowest BCUT2D eigenvalue weighted by Crippen LogP contribution is -2.26. The largest absolute Gasteiger partial charge is 0.352 e. The SMILES string of the molecule is Cn1ncc2c1CCCN(c1cc(=O)n(C)cn1)C2. The summed E-state index contributed by atoms with van der Waals surface area (Å²) < 4.78 is 3.42. The Morgan fingerprint density at radius 3 is 2.95 bits per heavy atom. The molecule has 3 rings (SSSR count). The topological polar surface area (TPSA) is 56.0 Å². The van der Waals surface area contributed by atoms with Crippen LogP contribution in [0.2, 0.25) is 0 Å². The molecule has 6 nitrogen and oxygen atoms in total. The average Bonchev–Trinajstić information content (AvgIpc) is 2.63. The molecule has 0 fully saturated rings. The number of aromatic nitrogens is 4. The van der Waals surface area contributed by atoms with Crippen LogP contribution in [-0.4, -0.2) is 25.9 Å². The molecule has 0 unspecified atom stereocenters. The zero-order valence-corrected chi connectivity index (χ0v) is 11.2. The summed E-state index contributed by atoms with van der Waals surface area (Å²) in [5.41, 5.74) is 2.48. The molecule has 1 aliphatic rings. The van der Waals surface area contributed by atoms with Gasteiger partial charge in [-0.2, -0.15) is 5.10 Å². The molecule has 0 N–H and O–H groups in total. The van der Waals surface area contributed by atoms with Crippen molar-refractivity contribution in [1.29, 1.82) is 0 Å². The van der Waals surface area contributed by atoms with E-state index in [9.17, 15) is 4.79 Å². The molecule has 0 bridgehead atoms. The molecule has 2 aromatic heterocycles. The van der Waals surface area contributed by atoms with E-state index in [2.05, 4.69) is 15.0 Å². The van der Waals surface area contributed by atoms with Crippen molar-refractivity contribution < 1.29 is 0 Å². The average molecular weight is 259 g/mol. The fraction of sp³-hybridized carbons (Fsp3) is 0.462. The summed E-state index contributed by atoms with van der Waals surface area (Å²) in [6.45, 7) is 1.68. The minimum Gasteiger partial charge on any atom is -0.352 e. The molecule has 0 aliphatic carbocycles. The highest BCUT2D eigenvalue weighted by Gasteiger charge is 2.18. The van der Waals surface area contributed by atoms with Crippen molar-refractivity contribution >= 4 is 5.82 Å². The number of rotatable bonds is 1. The van der Waals surface area contributed by atoms with E-state index in [-0.39, 0.29) is 5.56 Å². The molecule has 0 amide bonds. The molecular formula is C13H17N5O. The zero-order valence-electron chi connectivity index (χ0n) is 11.2. The number of hydrogen-bond donors (Lipinski definition) is 0. The van der Waals surface area contributed by atoms with Crippen LogP contribution in [0.15, 0.2) is 23.4 Å². The minimum absolute atomic E-state index is 0.0272. The molecule has 0 radical (unpaired) electrons. The second kappa shape index (κ2) is 4.53. The van der Waals surface area contributed by atoms with Gasteiger partial charge >= 0.3 is 0 Å². The molecule has 0 aromatic carbocycles. The van der Waals surface area contributed by atoms with Gasteiger partial charge in [0.25, 0.3) is 5.56 Å². The van der Waals surface area contributed by atoms with E-state index in [0.717, 1.165) is 31.7 Å². The van der Waals surface area contributed by atoms with E-state index < -0.39 is 0 Å². The van der Waals surface area contributed by atoms with Crippen LogP contribution in [0, 0.1) is 0 Å². The molecule has 0 spiro atoms. The first kappa shape index (κ1) is 12.0. The maximum atomic E-state index is 11.7. The predicted molar refractivity (Wildman–Crippen MR) is 72.1 cm³/mol. The Balaban J connectivity index is 1.94. The maximum absolute atomic E-state index is 11.7. The van der Waals surface area contributed by atoms with Gasteiger partial charge in [0, 0.05) is 44.5 Å². The van der Waals surface area contributed by atoms with Crippen LogP contribution < -0.4 is 10.5 Å². The molecule has 3 heterocycles. The molecule has 2 aromatic rings. The molecular weight excluding hydrogens is 242 g/mol. The van der Waals surface area contributed by atoms with E-state index in [1.807, 2.05) is 17.9 Å². The first-order valence-corrected chi connectivity index (χ1v) is 6.42. The molecule has 0 saturated carbocycles. The summed E-state index contributed by atoms with van der Waals surface area (Å²) in [5.74, 6) is 0.750. The summed E-state index contributed by atoms with van der Waals surface area (Å²) in [4.78, 5) is 18.2. The molecule has 0 atom stereocenters. The Bertz CT molecular complexity index is 657. The number of hydrogen-bond acceptors (Lipinski definition) is 4. The van der Waals surface area contributed by atoms with Crippen LogP contribution in [0.1, 0.15) is 17.7 Å². The van der Waals surface area contributed by atoms with Gasteiger partial charge < -0.3 is 9.47 Å². The number of fused-ring (bicyclic) bond motifs is 1. The fourth-order valence-corrected chi connectivity index (χ4v) is 2.51. The van der Waals surface area contributed by atoms with Gasteiger partial charge in [-0.15, -0.1) is 0 Å². The van der Waals surface area contributed by atoms with Crippen LogP contribution in [0.3, 0.4) is 0 Å². The van der Waals surface area contributed by atoms with Crippen molar-refractivity contribution in [3.8, 4) is 0 Å². The third-order valence-corrected chi connectivity index (χ3v) is 3.64. The molecule has 6 heteroatoms. The van der Waals surface area contributed by atoms with E-state index in [0.29, 0.717) is 0 Å². The summed E-state index contributed by atoms with van der Waals surface area (Å²) in [6, 6.07) is 1.60. The van der Waals surface area contributed by atoms with Gasteiger partial charge in [-0.05, 0) is 12.8 Å². The van der Waals surface area contributed by atoms with Crippen LogP contribution in [0.25, 0.3) is 0 Å². The quantitative estimate of drug-likeness (QED) is 0.747. The summed E-state index contributed by atoms with van der Waals surface area (Å²) in [6.07, 6.45) is 5.55. The van der Waals surface area contributed by atoms with Gasteiger partial charge in [0.15, 0.2) is 0 Å². The Morgan fingerprint density at radius 1 is 1.32 bits per heavy atom. The highest BCUT2D eigenvalue weighted by molar-refractivity contribution is 5.39. The number of anilines is 1. The highest BCUT2D eigenvalue weighted by Crippen LogP contribution is 2.21. The summed E-state index contributed by atoms with van der Waals surface area (Å²) in [5, 5.41) is 4.30. The van der Waals surface area contributed by atoms with E-state index in [4.69, 9.17) is 0 Å². The van der Waals surface area contributed by atoms with Gasteiger partial charge in [-0.25, -0.2) is 4.98 Å². The Labute approximate surface area is 111 Å². The minimum atomic E-state index is -0.0272. The maximum Gasteiger partial charge on any atom is 0.255 e. The van der Waals surface area contributed by atoms with E-state index in [1.165, 1.54) is 15.8 Å². The molecule has 19 heavy (non-hydrogen) atoms. The van der Waals surface area contributed by atoms with Crippen molar-refractivity contribution in [3.63, 3.8) is 0 Å². The van der Waals surface area contributed by atoms with Crippen LogP contribution in [-0.2, 0) is 27.1 Å². The molecule has 100 valence electrons. The van der Waals surface area contributed by atoms with E-state index in [1.54, 1.807) is 19.4 Å². The lowest BCUT2D eigenvalue weighted by molar-refractivity contribution is 0.681. The van der Waals surface area contributed by atoms with Crippen molar-refractivity contribution in [2.75, 3.05) is 11.4 Å². The number of aryl methyl sites for hydroxylation is 2. The van der Waals surface area contributed by atoms with Gasteiger partial charge in [-0.3, -0.25) is 9.48 Å². The van der Waals surface area contributed by atoms with Crippen molar-refractivity contribution in [2.45, 2.75) is 19.4 Å². The summed E-state index contributed by atoms with van der Waals surface area (Å²) in [7, 11) is 3.69. The summed E-state index contributed by atoms with van der Waals surface area (Å²) >= 11 is 0. The Kier molecular flexibility index (Phi) is 2.85. The van der Waals surface area contributed by atoms with Gasteiger partial charge in [0.1, 0.15) is 5.82 Å². The van der Waals surface area contributed by atoms with Gasteiger partial charge in [0.05, 0.1) is 12.5 Å². The molecule has 0 saturated heterocycles. The van der Waals surface area contributed by atoms with Crippen molar-refractivity contribution in [2.24, 2.45) is 14.1 Å². The first-order chi connectivity index (χ1) is 9.15. The Hall–Kier alpha value is -2.11. The van der Waals surface area contributed by atoms with Crippen LogP contribution in [0.4, 0.5) is 5.82 Å². The van der Waals surface area contributed by atoms with Crippen LogP contribution >= 0.6 is 0 Å². The second-order valence-electron chi connectivity index (χ2n) is 4.96.